The zero-order valence-corrected chi connectivity index (χ0v) is 17.6. The molecule has 0 unspecified atom stereocenters. The van der Waals surface area contributed by atoms with Crippen LogP contribution in [0.25, 0.3) is 11.2 Å². The Balaban J connectivity index is 1.62. The van der Waals surface area contributed by atoms with Gasteiger partial charge in [-0.3, -0.25) is 9.59 Å². The van der Waals surface area contributed by atoms with E-state index in [0.29, 0.717) is 5.56 Å². The minimum absolute atomic E-state index is 0.00858. The number of nitrogens with zero attached hydrogens (tertiary/aromatic N) is 4. The molecule has 2 aromatic carbocycles. The minimum atomic E-state index is -1.74. The zero-order valence-electron chi connectivity index (χ0n) is 17.6. The van der Waals surface area contributed by atoms with E-state index in [1.165, 1.54) is 12.1 Å². The van der Waals surface area contributed by atoms with E-state index in [1.807, 2.05) is 0 Å². The van der Waals surface area contributed by atoms with Crippen LogP contribution in [-0.4, -0.2) is 66.3 Å². The van der Waals surface area contributed by atoms with E-state index in [4.69, 9.17) is 4.74 Å². The molecule has 0 spiro atoms. The summed E-state index contributed by atoms with van der Waals surface area (Å²) in [4.78, 5) is 50.3. The molecular formula is C23H19N5O6. The fraction of sp³-hybridized carbons (Fsp3) is 0.130. The molecule has 0 saturated heterocycles. The summed E-state index contributed by atoms with van der Waals surface area (Å²) >= 11 is 0. The Bertz CT molecular complexity index is 1330. The molecule has 172 valence electrons. The summed E-state index contributed by atoms with van der Waals surface area (Å²) in [5, 5.41) is 22.2. The van der Waals surface area contributed by atoms with Gasteiger partial charge in [0.05, 0.1) is 12.2 Å². The number of ether oxygens (including phenoxy) is 1. The van der Waals surface area contributed by atoms with Crippen molar-refractivity contribution >= 4 is 34.8 Å². The molecule has 4 rings (SSSR count). The first kappa shape index (κ1) is 22.7. The molecule has 2 heterocycles. The molecule has 0 aliphatic heterocycles. The van der Waals surface area contributed by atoms with Crippen molar-refractivity contribution in [2.24, 2.45) is 0 Å². The lowest BCUT2D eigenvalue weighted by atomic mass is 10.2. The molecule has 0 aliphatic rings. The lowest BCUT2D eigenvalue weighted by molar-refractivity contribution is -0.0301. The average Bonchev–Trinajstić information content (AvgIpc) is 3.32. The van der Waals surface area contributed by atoms with Crippen molar-refractivity contribution in [1.29, 1.82) is 0 Å². The number of hydrogen-bond acceptors (Lipinski definition) is 9. The zero-order chi connectivity index (χ0) is 24.1. The Hall–Kier alpha value is -4.48. The van der Waals surface area contributed by atoms with Crippen LogP contribution in [0.4, 0.5) is 5.82 Å². The van der Waals surface area contributed by atoms with Crippen molar-refractivity contribution in [3.8, 4) is 0 Å². The second-order valence-electron chi connectivity index (χ2n) is 7.11. The van der Waals surface area contributed by atoms with Crippen LogP contribution in [0.1, 0.15) is 25.5 Å². The van der Waals surface area contributed by atoms with Crippen LogP contribution < -0.4 is 5.32 Å². The number of rotatable bonds is 7. The fourth-order valence-corrected chi connectivity index (χ4v) is 3.14. The van der Waals surface area contributed by atoms with E-state index in [-0.39, 0.29) is 22.5 Å². The number of fused-ring (bicyclic) bond motifs is 1. The summed E-state index contributed by atoms with van der Waals surface area (Å²) in [5.41, 5.74) is 0.666. The number of imidazole rings is 1. The number of esters is 1. The first-order valence-corrected chi connectivity index (χ1v) is 10.1. The second-order valence-corrected chi connectivity index (χ2v) is 7.11. The summed E-state index contributed by atoms with van der Waals surface area (Å²) < 4.78 is 6.17. The van der Waals surface area contributed by atoms with Gasteiger partial charge in [-0.05, 0) is 24.3 Å². The molecule has 0 saturated carbocycles. The number of benzene rings is 2. The van der Waals surface area contributed by atoms with Crippen molar-refractivity contribution in [2.45, 2.75) is 12.2 Å². The normalized spacial score (nSPS) is 12.6. The standard InChI is InChI=1S/C23H19N5O6/c29-11-16(30)18(34-23(33)15-9-5-2-6-10-15)22(32)28-13-26-17-19(24-12-25-20(17)28)27-21(31)14-7-3-1-4-8-14/h1-10,12-13,16,18,29-30H,11H2,(H,24,25,27,31)/t16-,18+/m0/s1. The Kier molecular flexibility index (Phi) is 6.67. The smallest absolute Gasteiger partial charge is 0.339 e. The molecule has 2 atom stereocenters. The van der Waals surface area contributed by atoms with Gasteiger partial charge in [0.1, 0.15) is 18.8 Å². The van der Waals surface area contributed by atoms with Gasteiger partial charge in [0.2, 0.25) is 6.10 Å². The molecule has 3 N–H and O–H groups in total. The first-order chi connectivity index (χ1) is 16.5. The molecule has 0 radical (unpaired) electrons. The number of aliphatic hydroxyl groups excluding tert-OH is 2. The molecular weight excluding hydrogens is 442 g/mol. The molecule has 2 aromatic heterocycles. The SMILES string of the molecule is O=C(Nc1ncnc2c1ncn2C(=O)[C@H](OC(=O)c1ccccc1)[C@@H](O)CO)c1ccccc1. The fourth-order valence-electron chi connectivity index (χ4n) is 3.14. The van der Waals surface area contributed by atoms with Crippen LogP contribution in [0.15, 0.2) is 73.3 Å². The van der Waals surface area contributed by atoms with E-state index >= 15 is 0 Å². The van der Waals surface area contributed by atoms with Gasteiger partial charge in [-0.25, -0.2) is 24.3 Å². The number of aromatic nitrogens is 4. The average molecular weight is 461 g/mol. The molecule has 34 heavy (non-hydrogen) atoms. The van der Waals surface area contributed by atoms with Crippen molar-refractivity contribution in [3.05, 3.63) is 84.4 Å². The summed E-state index contributed by atoms with van der Waals surface area (Å²) in [6.07, 6.45) is -1.21. The molecule has 4 aromatic rings. The van der Waals surface area contributed by atoms with Gasteiger partial charge in [-0.1, -0.05) is 36.4 Å². The van der Waals surface area contributed by atoms with Crippen molar-refractivity contribution in [3.63, 3.8) is 0 Å². The highest BCUT2D eigenvalue weighted by Gasteiger charge is 2.33. The van der Waals surface area contributed by atoms with E-state index in [1.54, 1.807) is 48.5 Å². The molecule has 0 aliphatic carbocycles. The number of carbonyl (C=O) groups excluding carboxylic acids is 3. The number of amides is 1. The minimum Gasteiger partial charge on any atom is -0.446 e. The molecule has 1 amide bonds. The summed E-state index contributed by atoms with van der Waals surface area (Å²) in [7, 11) is 0. The summed E-state index contributed by atoms with van der Waals surface area (Å²) in [6.45, 7) is -0.835. The van der Waals surface area contributed by atoms with E-state index < -0.39 is 36.6 Å². The Morgan fingerprint density at radius 3 is 2.24 bits per heavy atom. The van der Waals surface area contributed by atoms with Gasteiger partial charge in [-0.2, -0.15) is 0 Å². The molecule has 0 bridgehead atoms. The third-order valence-corrected chi connectivity index (χ3v) is 4.86. The number of carbonyl (C=O) groups is 3. The molecule has 11 heteroatoms. The Labute approximate surface area is 192 Å². The second kappa shape index (κ2) is 9.98. The number of aliphatic hydroxyl groups is 2. The van der Waals surface area contributed by atoms with Gasteiger partial charge >= 0.3 is 5.97 Å². The maximum absolute atomic E-state index is 13.2. The highest BCUT2D eigenvalue weighted by molar-refractivity contribution is 6.07. The van der Waals surface area contributed by atoms with Gasteiger partial charge < -0.3 is 20.3 Å². The van der Waals surface area contributed by atoms with Crippen LogP contribution in [0.5, 0.6) is 0 Å². The highest BCUT2D eigenvalue weighted by atomic mass is 16.6. The van der Waals surface area contributed by atoms with Gasteiger partial charge in [-0.15, -0.1) is 0 Å². The number of anilines is 1. The maximum atomic E-state index is 13.2. The van der Waals surface area contributed by atoms with Crippen molar-refractivity contribution in [2.75, 3.05) is 11.9 Å². The molecule has 0 fully saturated rings. The molecule has 11 nitrogen and oxygen atoms in total. The largest absolute Gasteiger partial charge is 0.446 e. The maximum Gasteiger partial charge on any atom is 0.339 e. The van der Waals surface area contributed by atoms with Gasteiger partial charge in [0, 0.05) is 5.56 Å². The lowest BCUT2D eigenvalue weighted by Crippen LogP contribution is -2.43. The van der Waals surface area contributed by atoms with Crippen LogP contribution in [0.2, 0.25) is 0 Å². The Morgan fingerprint density at radius 2 is 1.59 bits per heavy atom. The summed E-state index contributed by atoms with van der Waals surface area (Å²) in [6, 6.07) is 16.3. The topological polar surface area (TPSA) is 157 Å². The predicted octanol–water partition coefficient (Wildman–Crippen LogP) is 1.30. The van der Waals surface area contributed by atoms with Crippen LogP contribution >= 0.6 is 0 Å². The quantitative estimate of drug-likeness (QED) is 0.345. The Morgan fingerprint density at radius 1 is 0.941 bits per heavy atom. The van der Waals surface area contributed by atoms with Gasteiger partial charge in [0.25, 0.3) is 11.8 Å². The van der Waals surface area contributed by atoms with E-state index in [9.17, 15) is 24.6 Å². The predicted molar refractivity (Wildman–Crippen MR) is 119 cm³/mol. The third kappa shape index (κ3) is 4.65. The number of nitrogens with one attached hydrogen (secondary N) is 1. The monoisotopic (exact) mass is 461 g/mol. The van der Waals surface area contributed by atoms with Crippen molar-refractivity contribution < 1.29 is 29.3 Å². The first-order valence-electron chi connectivity index (χ1n) is 10.1. The lowest BCUT2D eigenvalue weighted by Gasteiger charge is -2.20. The third-order valence-electron chi connectivity index (χ3n) is 4.86. The van der Waals surface area contributed by atoms with Crippen molar-refractivity contribution in [1.82, 2.24) is 19.5 Å². The van der Waals surface area contributed by atoms with Crippen LogP contribution in [-0.2, 0) is 4.74 Å². The van der Waals surface area contributed by atoms with Crippen LogP contribution in [0.3, 0.4) is 0 Å². The summed E-state index contributed by atoms with van der Waals surface area (Å²) in [5.74, 6) is -2.13. The van der Waals surface area contributed by atoms with E-state index in [0.717, 1.165) is 17.2 Å². The van der Waals surface area contributed by atoms with E-state index in [2.05, 4.69) is 20.3 Å². The van der Waals surface area contributed by atoms with Gasteiger partial charge in [0.15, 0.2) is 17.0 Å². The number of hydrogen-bond donors (Lipinski definition) is 3. The van der Waals surface area contributed by atoms with Crippen LogP contribution in [0, 0.1) is 0 Å². The highest BCUT2D eigenvalue weighted by Crippen LogP contribution is 2.20.